The lowest BCUT2D eigenvalue weighted by atomic mass is 10.0. The molecule has 0 saturated heterocycles. The molecule has 0 saturated carbocycles. The Morgan fingerprint density at radius 3 is 2.39 bits per heavy atom. The van der Waals surface area contributed by atoms with Crippen LogP contribution in [0.4, 0.5) is 22.0 Å². The van der Waals surface area contributed by atoms with Crippen molar-refractivity contribution in [2.24, 2.45) is 10.8 Å². The zero-order valence-electron chi connectivity index (χ0n) is 24.4. The maximum Gasteiger partial charge on any atom is 0.416 e. The molecule has 0 spiro atoms. The summed E-state index contributed by atoms with van der Waals surface area (Å²) in [6.45, 7) is -0.160. The van der Waals surface area contributed by atoms with E-state index in [1.54, 1.807) is 24.3 Å². The van der Waals surface area contributed by atoms with Gasteiger partial charge in [0.05, 0.1) is 37.4 Å². The van der Waals surface area contributed by atoms with Crippen LogP contribution in [0.25, 0.3) is 11.1 Å². The second-order valence-corrected chi connectivity index (χ2v) is 10.2. The van der Waals surface area contributed by atoms with Crippen molar-refractivity contribution in [3.8, 4) is 22.6 Å². The van der Waals surface area contributed by atoms with Crippen molar-refractivity contribution < 1.29 is 31.4 Å². The predicted octanol–water partition coefficient (Wildman–Crippen LogP) is 3.34. The highest BCUT2D eigenvalue weighted by Crippen LogP contribution is 2.34. The van der Waals surface area contributed by atoms with Crippen LogP contribution in [-0.2, 0) is 19.3 Å². The molecule has 0 radical (unpaired) electrons. The summed E-state index contributed by atoms with van der Waals surface area (Å²) in [6.07, 6.45) is -4.96. The maximum absolute atomic E-state index is 15.6. The first-order valence-corrected chi connectivity index (χ1v) is 13.7. The minimum Gasteiger partial charge on any atom is -0.494 e. The lowest BCUT2D eigenvalue weighted by molar-refractivity contribution is -0.138. The molecule has 46 heavy (non-hydrogen) atoms. The molecule has 242 valence electrons. The Hall–Kier alpha value is -5.22. The van der Waals surface area contributed by atoms with Crippen LogP contribution in [0.5, 0.6) is 11.5 Å². The molecular weight excluding hydrogens is 617 g/mol. The summed E-state index contributed by atoms with van der Waals surface area (Å²) in [5.41, 5.74) is 9.64. The summed E-state index contributed by atoms with van der Waals surface area (Å²) in [7, 11) is 1.21. The van der Waals surface area contributed by atoms with Gasteiger partial charge in [0.2, 0.25) is 0 Å². The maximum atomic E-state index is 15.6. The number of nitrogens with two attached hydrogens (primary N) is 1. The number of hydrazine groups is 2. The minimum atomic E-state index is -4.96. The van der Waals surface area contributed by atoms with E-state index in [-0.39, 0.29) is 29.2 Å². The van der Waals surface area contributed by atoms with E-state index >= 15 is 4.39 Å². The third-order valence-electron chi connectivity index (χ3n) is 7.40. The highest BCUT2D eigenvalue weighted by atomic mass is 19.4. The molecule has 4 aromatic rings. The normalized spacial score (nSPS) is 13.5. The van der Waals surface area contributed by atoms with Gasteiger partial charge in [-0.25, -0.2) is 19.1 Å². The molecule has 1 unspecified atom stereocenters. The highest BCUT2D eigenvalue weighted by Gasteiger charge is 2.35. The standard InChI is InChI=1S/C30H28F5N7O4/c1-16-26(18-8-5-12-24(45-2)27(18)32)28(43)42(29(44)41(16)13-19-20(30(33,34)35)9-6-10-21(19)31)14-22(36)17-7-3-4-11-23(17)46-15-25-37-39-40-38-25/h3-12,22,39-40H,13-15,36H2,1-2H3,(H,37,38). The fourth-order valence-electron chi connectivity index (χ4n) is 5.11. The summed E-state index contributed by atoms with van der Waals surface area (Å²) in [5.74, 6) is -1.67. The SMILES string of the molecule is COc1cccc(-c2c(C)n(Cc3c(F)cccc3C(F)(F)F)c(=O)n(CC(N)c3ccccc3OCC3=NNNN3)c2=O)c1F. The molecular formula is C30H28F5N7O4. The van der Waals surface area contributed by atoms with Crippen molar-refractivity contribution in [3.63, 3.8) is 0 Å². The molecule has 3 aromatic carbocycles. The summed E-state index contributed by atoms with van der Waals surface area (Å²) in [4.78, 5) is 27.9. The fourth-order valence-corrected chi connectivity index (χ4v) is 5.11. The van der Waals surface area contributed by atoms with Crippen LogP contribution in [0.2, 0.25) is 0 Å². The van der Waals surface area contributed by atoms with Crippen molar-refractivity contribution in [1.29, 1.82) is 0 Å². The molecule has 16 heteroatoms. The van der Waals surface area contributed by atoms with E-state index in [1.807, 2.05) is 0 Å². The van der Waals surface area contributed by atoms with Gasteiger partial charge in [0, 0.05) is 22.4 Å². The number of nitrogens with zero attached hydrogens (tertiary/aromatic N) is 3. The van der Waals surface area contributed by atoms with Gasteiger partial charge in [0.25, 0.3) is 5.56 Å². The Balaban J connectivity index is 1.66. The molecule has 0 amide bonds. The van der Waals surface area contributed by atoms with E-state index < -0.39 is 59.3 Å². The zero-order chi connectivity index (χ0) is 33.2. The number of methoxy groups -OCH3 is 1. The number of rotatable bonds is 10. The van der Waals surface area contributed by atoms with E-state index in [0.717, 1.165) is 16.7 Å². The first kappa shape index (κ1) is 32.2. The van der Waals surface area contributed by atoms with E-state index in [9.17, 15) is 27.2 Å². The van der Waals surface area contributed by atoms with Gasteiger partial charge >= 0.3 is 11.9 Å². The number of alkyl halides is 3. The molecule has 1 aliphatic rings. The van der Waals surface area contributed by atoms with Gasteiger partial charge in [-0.15, -0.1) is 10.6 Å². The smallest absolute Gasteiger partial charge is 0.416 e. The third kappa shape index (κ3) is 6.29. The highest BCUT2D eigenvalue weighted by molar-refractivity contribution is 5.83. The van der Waals surface area contributed by atoms with Crippen molar-refractivity contribution in [2.75, 3.05) is 13.7 Å². The first-order chi connectivity index (χ1) is 21.9. The number of halogens is 5. The van der Waals surface area contributed by atoms with Crippen LogP contribution in [0, 0.1) is 18.6 Å². The van der Waals surface area contributed by atoms with Crippen LogP contribution in [0.3, 0.4) is 0 Å². The minimum absolute atomic E-state index is 0.00946. The summed E-state index contributed by atoms with van der Waals surface area (Å²) in [6, 6.07) is 11.9. The number of para-hydroxylation sites is 1. The van der Waals surface area contributed by atoms with Gasteiger partial charge < -0.3 is 15.2 Å². The number of aromatic nitrogens is 2. The van der Waals surface area contributed by atoms with Gasteiger partial charge in [-0.3, -0.25) is 19.4 Å². The molecule has 0 bridgehead atoms. The van der Waals surface area contributed by atoms with Gasteiger partial charge in [-0.2, -0.15) is 13.2 Å². The van der Waals surface area contributed by atoms with Crippen molar-refractivity contribution >= 4 is 5.84 Å². The van der Waals surface area contributed by atoms with E-state index in [0.29, 0.717) is 27.8 Å². The average Bonchev–Trinajstić information content (AvgIpc) is 3.55. The van der Waals surface area contributed by atoms with Gasteiger partial charge in [0.15, 0.2) is 17.4 Å². The molecule has 5 N–H and O–H groups in total. The number of hydrazone groups is 1. The topological polar surface area (TPSA) is 137 Å². The second kappa shape index (κ2) is 13.0. The van der Waals surface area contributed by atoms with Crippen molar-refractivity contribution in [1.82, 2.24) is 25.6 Å². The summed E-state index contributed by atoms with van der Waals surface area (Å²) >= 11 is 0. The Labute approximate surface area is 258 Å². The number of hydrogen-bond acceptors (Lipinski definition) is 9. The molecule has 0 fully saturated rings. The lowest BCUT2D eigenvalue weighted by Crippen LogP contribution is -2.44. The number of benzene rings is 3. The summed E-state index contributed by atoms with van der Waals surface area (Å²) in [5, 5.41) is 3.92. The Bertz CT molecular complexity index is 1920. The number of nitrogens with one attached hydrogen (secondary N) is 3. The van der Waals surface area contributed by atoms with Crippen LogP contribution in [-0.4, -0.2) is 28.7 Å². The fraction of sp³-hybridized carbons (Fsp3) is 0.233. The van der Waals surface area contributed by atoms with Gasteiger partial charge in [-0.1, -0.05) is 36.4 Å². The van der Waals surface area contributed by atoms with Crippen molar-refractivity contribution in [2.45, 2.75) is 32.2 Å². The molecule has 1 atom stereocenters. The van der Waals surface area contributed by atoms with Crippen LogP contribution >= 0.6 is 0 Å². The van der Waals surface area contributed by atoms with E-state index in [4.69, 9.17) is 15.2 Å². The van der Waals surface area contributed by atoms with Gasteiger partial charge in [0.1, 0.15) is 18.2 Å². The monoisotopic (exact) mass is 645 g/mol. The van der Waals surface area contributed by atoms with Crippen LogP contribution < -0.4 is 43.0 Å². The molecule has 5 rings (SSSR count). The van der Waals surface area contributed by atoms with E-state index in [1.165, 1.54) is 32.2 Å². The number of ether oxygens (including phenoxy) is 2. The molecule has 1 aromatic heterocycles. The molecule has 0 aliphatic carbocycles. The lowest BCUT2D eigenvalue weighted by Gasteiger charge is -2.22. The first-order valence-electron chi connectivity index (χ1n) is 13.7. The Morgan fingerprint density at radius 1 is 0.978 bits per heavy atom. The van der Waals surface area contributed by atoms with Crippen LogP contribution in [0.1, 0.15) is 28.4 Å². The molecule has 11 nitrogen and oxygen atoms in total. The summed E-state index contributed by atoms with van der Waals surface area (Å²) < 4.78 is 84.5. The Morgan fingerprint density at radius 2 is 1.70 bits per heavy atom. The van der Waals surface area contributed by atoms with Gasteiger partial charge in [-0.05, 0) is 31.2 Å². The number of amidine groups is 1. The largest absolute Gasteiger partial charge is 0.494 e. The molecule has 1 aliphatic heterocycles. The zero-order valence-corrected chi connectivity index (χ0v) is 24.4. The van der Waals surface area contributed by atoms with Crippen LogP contribution in [0.15, 0.2) is 75.4 Å². The van der Waals surface area contributed by atoms with Crippen molar-refractivity contribution in [3.05, 3.63) is 116 Å². The number of hydrogen-bond donors (Lipinski definition) is 4. The van der Waals surface area contributed by atoms with E-state index in [2.05, 4.69) is 21.6 Å². The predicted molar refractivity (Wildman–Crippen MR) is 158 cm³/mol. The average molecular weight is 646 g/mol. The Kier molecular flexibility index (Phi) is 9.11. The third-order valence-corrected chi connectivity index (χ3v) is 7.40. The molecule has 2 heterocycles. The second-order valence-electron chi connectivity index (χ2n) is 10.2. The quantitative estimate of drug-likeness (QED) is 0.193.